The Morgan fingerprint density at radius 3 is 2.31 bits per heavy atom. The molecule has 0 amide bonds. The normalized spacial score (nSPS) is 10.5. The third-order valence-electron chi connectivity index (χ3n) is 1.57. The van der Waals surface area contributed by atoms with Gasteiger partial charge in [-0.15, -0.1) is 0 Å². The zero-order valence-electron chi connectivity index (χ0n) is 8.21. The summed E-state index contributed by atoms with van der Waals surface area (Å²) in [4.78, 5) is 0. The van der Waals surface area contributed by atoms with Gasteiger partial charge in [-0.2, -0.15) is 25.8 Å². The van der Waals surface area contributed by atoms with Gasteiger partial charge in [-0.25, -0.2) is 0 Å². The first kappa shape index (κ1) is 12.8. The largest absolute Gasteiger partial charge is 0.484 e. The minimum atomic E-state index is -4.31. The number of alkyl halides is 3. The highest BCUT2D eigenvalue weighted by Crippen LogP contribution is 2.18. The zero-order valence-corrected chi connectivity index (χ0v) is 9.11. The first-order valence-electron chi connectivity index (χ1n) is 4.40. The quantitative estimate of drug-likeness (QED) is 0.623. The van der Waals surface area contributed by atoms with Gasteiger partial charge in [0.2, 0.25) is 0 Å². The monoisotopic (exact) mass is 246 g/mol. The highest BCUT2D eigenvalue weighted by molar-refractivity contribution is 7.80. The Kier molecular flexibility index (Phi) is 4.56. The lowest BCUT2D eigenvalue weighted by Crippen LogP contribution is -2.19. The first-order valence-corrected chi connectivity index (χ1v) is 5.04. The van der Waals surface area contributed by atoms with E-state index < -0.39 is 12.8 Å². The van der Waals surface area contributed by atoms with Crippen LogP contribution in [0.15, 0.2) is 24.3 Å². The average Bonchev–Trinajstić information content (AvgIpc) is 2.24. The van der Waals surface area contributed by atoms with E-state index >= 15 is 0 Å². The third-order valence-corrected chi connectivity index (χ3v) is 1.73. The zero-order chi connectivity index (χ0) is 12.0. The van der Waals surface area contributed by atoms with E-state index in [2.05, 4.69) is 29.2 Å². The van der Waals surface area contributed by atoms with Gasteiger partial charge >= 0.3 is 6.18 Å². The van der Waals surface area contributed by atoms with Crippen molar-refractivity contribution in [2.45, 2.75) is 6.18 Å². The molecule has 1 nitrogen and oxygen atoms in total. The summed E-state index contributed by atoms with van der Waals surface area (Å²) in [6, 6.07) is 6.10. The Labute approximate surface area is 97.0 Å². The Balaban J connectivity index is 2.58. The van der Waals surface area contributed by atoms with Crippen molar-refractivity contribution >= 4 is 12.6 Å². The molecule has 0 heterocycles. The van der Waals surface area contributed by atoms with Gasteiger partial charge in [0.05, 0.1) is 5.75 Å². The number of benzene rings is 1. The van der Waals surface area contributed by atoms with Crippen molar-refractivity contribution in [2.75, 3.05) is 12.4 Å². The molecule has 1 rings (SSSR count). The second-order valence-corrected chi connectivity index (χ2v) is 3.20. The molecule has 0 N–H and O–H groups in total. The minimum Gasteiger partial charge on any atom is -0.484 e. The molecule has 86 valence electrons. The summed E-state index contributed by atoms with van der Waals surface area (Å²) in [6.07, 6.45) is -4.31. The second-order valence-electron chi connectivity index (χ2n) is 2.89. The predicted molar refractivity (Wildman–Crippen MR) is 58.7 cm³/mol. The van der Waals surface area contributed by atoms with E-state index in [4.69, 9.17) is 0 Å². The van der Waals surface area contributed by atoms with Crippen LogP contribution in [-0.2, 0) is 0 Å². The lowest BCUT2D eigenvalue weighted by atomic mass is 10.2. The SMILES string of the molecule is FC(F)(F)COc1ccc(C#CCS)cc1. The second kappa shape index (κ2) is 5.71. The summed E-state index contributed by atoms with van der Waals surface area (Å²) < 4.78 is 40.0. The summed E-state index contributed by atoms with van der Waals surface area (Å²) in [7, 11) is 0. The lowest BCUT2D eigenvalue weighted by molar-refractivity contribution is -0.153. The van der Waals surface area contributed by atoms with Crippen LogP contribution >= 0.6 is 12.6 Å². The molecule has 0 saturated heterocycles. The Hall–Kier alpha value is -1.28. The summed E-state index contributed by atoms with van der Waals surface area (Å²) in [6.45, 7) is -1.28. The molecule has 5 heteroatoms. The number of thiol groups is 1. The third kappa shape index (κ3) is 4.99. The van der Waals surface area contributed by atoms with E-state index in [0.717, 1.165) is 0 Å². The van der Waals surface area contributed by atoms with Crippen molar-refractivity contribution < 1.29 is 17.9 Å². The predicted octanol–water partition coefficient (Wildman–Crippen LogP) is 2.91. The van der Waals surface area contributed by atoms with Crippen molar-refractivity contribution in [3.8, 4) is 17.6 Å². The number of rotatable bonds is 2. The maximum Gasteiger partial charge on any atom is 0.422 e. The van der Waals surface area contributed by atoms with Crippen molar-refractivity contribution in [3.05, 3.63) is 29.8 Å². The Morgan fingerprint density at radius 1 is 1.19 bits per heavy atom. The molecule has 16 heavy (non-hydrogen) atoms. The van der Waals surface area contributed by atoms with Gasteiger partial charge in [0.15, 0.2) is 6.61 Å². The van der Waals surface area contributed by atoms with E-state index in [1.165, 1.54) is 12.1 Å². The van der Waals surface area contributed by atoms with Crippen LogP contribution in [0, 0.1) is 11.8 Å². The van der Waals surface area contributed by atoms with E-state index in [0.29, 0.717) is 11.3 Å². The van der Waals surface area contributed by atoms with Crippen LogP contribution in [0.4, 0.5) is 13.2 Å². The Bertz CT molecular complexity index is 386. The van der Waals surface area contributed by atoms with Crippen LogP contribution in [0.5, 0.6) is 5.75 Å². The van der Waals surface area contributed by atoms with Gasteiger partial charge in [0, 0.05) is 5.56 Å². The summed E-state index contributed by atoms with van der Waals surface area (Å²) >= 11 is 3.91. The topological polar surface area (TPSA) is 9.23 Å². The van der Waals surface area contributed by atoms with Gasteiger partial charge in [-0.05, 0) is 24.3 Å². The minimum absolute atomic E-state index is 0.175. The van der Waals surface area contributed by atoms with Crippen LogP contribution in [0.25, 0.3) is 0 Å². The molecule has 1 aromatic rings. The van der Waals surface area contributed by atoms with Crippen molar-refractivity contribution in [1.29, 1.82) is 0 Å². The van der Waals surface area contributed by atoms with Gasteiger partial charge in [0.25, 0.3) is 0 Å². The van der Waals surface area contributed by atoms with E-state index in [1.54, 1.807) is 12.1 Å². The van der Waals surface area contributed by atoms with Gasteiger partial charge < -0.3 is 4.74 Å². The van der Waals surface area contributed by atoms with E-state index in [1.807, 2.05) is 0 Å². The first-order chi connectivity index (χ1) is 7.51. The van der Waals surface area contributed by atoms with Crippen LogP contribution < -0.4 is 4.74 Å². The van der Waals surface area contributed by atoms with Gasteiger partial charge in [-0.3, -0.25) is 0 Å². The molecular weight excluding hydrogens is 237 g/mol. The fourth-order valence-corrected chi connectivity index (χ4v) is 1.02. The van der Waals surface area contributed by atoms with Crippen LogP contribution in [0.2, 0.25) is 0 Å². The molecule has 0 radical (unpaired) electrons. The maximum absolute atomic E-state index is 11.8. The number of halogens is 3. The fourth-order valence-electron chi connectivity index (χ4n) is 0.941. The molecule has 0 aliphatic rings. The number of hydrogen-bond acceptors (Lipinski definition) is 2. The number of ether oxygens (including phenoxy) is 1. The maximum atomic E-state index is 11.8. The molecular formula is C11H9F3OS. The van der Waals surface area contributed by atoms with Gasteiger partial charge in [0.1, 0.15) is 5.75 Å². The smallest absolute Gasteiger partial charge is 0.422 e. The molecule has 0 aliphatic heterocycles. The summed E-state index contributed by atoms with van der Waals surface area (Å²) in [5.41, 5.74) is 0.716. The molecule has 0 unspecified atom stereocenters. The van der Waals surface area contributed by atoms with Gasteiger partial charge in [-0.1, -0.05) is 11.8 Å². The van der Waals surface area contributed by atoms with Crippen LogP contribution in [0.1, 0.15) is 5.56 Å². The molecule has 0 spiro atoms. The standard InChI is InChI=1S/C11H9F3OS/c12-11(13,14)8-15-10-5-3-9(4-6-10)2-1-7-16/h3-6,16H,7-8H2. The lowest BCUT2D eigenvalue weighted by Gasteiger charge is -2.08. The molecule has 0 atom stereocenters. The highest BCUT2D eigenvalue weighted by Gasteiger charge is 2.28. The molecule has 0 bridgehead atoms. The molecule has 0 saturated carbocycles. The molecule has 1 aromatic carbocycles. The summed E-state index contributed by atoms with van der Waals surface area (Å²) in [5.74, 6) is 6.13. The van der Waals surface area contributed by atoms with Crippen LogP contribution in [0.3, 0.4) is 0 Å². The highest BCUT2D eigenvalue weighted by atomic mass is 32.1. The van der Waals surface area contributed by atoms with Crippen LogP contribution in [-0.4, -0.2) is 18.5 Å². The average molecular weight is 246 g/mol. The molecule has 0 aromatic heterocycles. The number of hydrogen-bond donors (Lipinski definition) is 1. The molecule has 0 aliphatic carbocycles. The molecule has 0 fully saturated rings. The van der Waals surface area contributed by atoms with E-state index in [9.17, 15) is 13.2 Å². The fraction of sp³-hybridized carbons (Fsp3) is 0.273. The Morgan fingerprint density at radius 2 is 1.81 bits per heavy atom. The van der Waals surface area contributed by atoms with Crippen molar-refractivity contribution in [1.82, 2.24) is 0 Å². The van der Waals surface area contributed by atoms with E-state index in [-0.39, 0.29) is 5.75 Å². The summed E-state index contributed by atoms with van der Waals surface area (Å²) in [5, 5.41) is 0. The van der Waals surface area contributed by atoms with Crippen molar-refractivity contribution in [3.63, 3.8) is 0 Å². The van der Waals surface area contributed by atoms with Crippen molar-refractivity contribution in [2.24, 2.45) is 0 Å².